The molecule has 0 unspecified atom stereocenters. The number of alkyl carbamates (subject to hydrolysis) is 1. The number of fused-ring (bicyclic) bond motifs is 3. The molecule has 1 aliphatic carbocycles. The van der Waals surface area contributed by atoms with Crippen molar-refractivity contribution in [1.82, 2.24) is 10.2 Å². The molecule has 3 rings (SSSR count). The lowest BCUT2D eigenvalue weighted by Crippen LogP contribution is -2.46. The number of carbonyl (C=O) groups excluding carboxylic acids is 2. The van der Waals surface area contributed by atoms with Crippen molar-refractivity contribution >= 4 is 18.0 Å². The van der Waals surface area contributed by atoms with Crippen molar-refractivity contribution in [1.29, 1.82) is 0 Å². The number of hydrogen-bond donors (Lipinski definition) is 2. The zero-order valence-corrected chi connectivity index (χ0v) is 21.2. The van der Waals surface area contributed by atoms with Gasteiger partial charge in [-0.25, -0.2) is 4.79 Å². The van der Waals surface area contributed by atoms with Crippen molar-refractivity contribution in [3.05, 3.63) is 59.7 Å². The summed E-state index contributed by atoms with van der Waals surface area (Å²) in [7, 11) is 0. The molecule has 7 nitrogen and oxygen atoms in total. The number of nitrogens with one attached hydrogen (secondary N) is 1. The van der Waals surface area contributed by atoms with Crippen LogP contribution in [0.25, 0.3) is 11.1 Å². The van der Waals surface area contributed by atoms with Crippen LogP contribution in [0.15, 0.2) is 48.5 Å². The van der Waals surface area contributed by atoms with E-state index in [0.29, 0.717) is 6.54 Å². The van der Waals surface area contributed by atoms with Gasteiger partial charge in [-0.1, -0.05) is 83.1 Å². The Bertz CT molecular complexity index is 1030. The molecule has 188 valence electrons. The normalized spacial score (nSPS) is 13.7. The Morgan fingerprint density at radius 3 is 2.03 bits per heavy atom. The number of carboxylic acid groups (broad SMARTS) is 1. The third-order valence-electron chi connectivity index (χ3n) is 6.19. The van der Waals surface area contributed by atoms with Gasteiger partial charge in [-0.05, 0) is 33.6 Å². The monoisotopic (exact) mass is 480 g/mol. The minimum absolute atomic E-state index is 0.00518. The van der Waals surface area contributed by atoms with Crippen molar-refractivity contribution < 1.29 is 24.2 Å². The molecular weight excluding hydrogens is 444 g/mol. The molecule has 0 saturated heterocycles. The van der Waals surface area contributed by atoms with Crippen LogP contribution in [0.1, 0.15) is 58.1 Å². The predicted octanol–water partition coefficient (Wildman–Crippen LogP) is 4.90. The Morgan fingerprint density at radius 1 is 1.00 bits per heavy atom. The fraction of sp³-hybridized carbons (Fsp3) is 0.464. The van der Waals surface area contributed by atoms with Crippen molar-refractivity contribution in [3.8, 4) is 11.1 Å². The summed E-state index contributed by atoms with van der Waals surface area (Å²) in [5.41, 5.74) is 4.31. The number of ether oxygens (including phenoxy) is 1. The smallest absolute Gasteiger partial charge is 0.407 e. The molecule has 0 radical (unpaired) electrons. The van der Waals surface area contributed by atoms with E-state index in [1.807, 2.05) is 58.9 Å². The second-order valence-corrected chi connectivity index (χ2v) is 10.7. The molecule has 1 aliphatic rings. The maximum Gasteiger partial charge on any atom is 0.407 e. The number of nitrogens with zero attached hydrogens (tertiary/aromatic N) is 1. The highest BCUT2D eigenvalue weighted by Gasteiger charge is 2.30. The first-order valence-electron chi connectivity index (χ1n) is 12.1. The van der Waals surface area contributed by atoms with Gasteiger partial charge in [-0.3, -0.25) is 9.59 Å². The van der Waals surface area contributed by atoms with Crippen LogP contribution in [0.3, 0.4) is 0 Å². The zero-order valence-electron chi connectivity index (χ0n) is 21.2. The Hall–Kier alpha value is -3.35. The summed E-state index contributed by atoms with van der Waals surface area (Å²) in [5.74, 6) is -1.46. The van der Waals surface area contributed by atoms with E-state index in [1.165, 1.54) is 4.90 Å². The second kappa shape index (κ2) is 10.9. The van der Waals surface area contributed by atoms with Gasteiger partial charge in [0.25, 0.3) is 0 Å². The molecule has 1 atom stereocenters. The van der Waals surface area contributed by atoms with Crippen molar-refractivity contribution in [3.63, 3.8) is 0 Å². The topological polar surface area (TPSA) is 95.9 Å². The molecule has 2 amide bonds. The van der Waals surface area contributed by atoms with Gasteiger partial charge in [-0.2, -0.15) is 0 Å². The Kier molecular flexibility index (Phi) is 8.20. The summed E-state index contributed by atoms with van der Waals surface area (Å²) >= 11 is 0. The zero-order chi connectivity index (χ0) is 25.8. The number of rotatable bonds is 9. The number of carboxylic acids is 1. The van der Waals surface area contributed by atoms with Crippen molar-refractivity contribution in [2.45, 2.75) is 53.0 Å². The number of benzene rings is 2. The van der Waals surface area contributed by atoms with Gasteiger partial charge >= 0.3 is 12.1 Å². The summed E-state index contributed by atoms with van der Waals surface area (Å²) in [5, 5.41) is 12.1. The summed E-state index contributed by atoms with van der Waals surface area (Å²) < 4.78 is 5.64. The van der Waals surface area contributed by atoms with Gasteiger partial charge in [-0.15, -0.1) is 0 Å². The summed E-state index contributed by atoms with van der Waals surface area (Å²) in [6.07, 6.45) is -0.579. The standard InChI is InChI=1S/C28H36N2O5/c1-18(2)24(14-25(31)30(15-26(32)33)17-28(3,4)5)29-27(34)35-16-23-21-12-8-6-10-19(21)20-11-7-9-13-22(20)23/h6-13,18,23-24H,14-17H2,1-5H3,(H,29,34)(H,32,33)/t24-/m0/s1. The molecule has 0 bridgehead atoms. The van der Waals surface area contributed by atoms with E-state index in [9.17, 15) is 19.5 Å². The maximum atomic E-state index is 13.0. The van der Waals surface area contributed by atoms with Gasteiger partial charge in [0.05, 0.1) is 0 Å². The molecule has 2 N–H and O–H groups in total. The predicted molar refractivity (Wildman–Crippen MR) is 135 cm³/mol. The average molecular weight is 481 g/mol. The molecule has 0 spiro atoms. The van der Waals surface area contributed by atoms with Gasteiger partial charge < -0.3 is 20.1 Å². The molecular formula is C28H36N2O5. The third-order valence-corrected chi connectivity index (χ3v) is 6.19. The molecule has 0 saturated carbocycles. The van der Waals surface area contributed by atoms with E-state index in [1.54, 1.807) is 0 Å². The quantitative estimate of drug-likeness (QED) is 0.532. The van der Waals surface area contributed by atoms with Crippen LogP contribution in [0.4, 0.5) is 4.79 Å². The second-order valence-electron chi connectivity index (χ2n) is 10.7. The lowest BCUT2D eigenvalue weighted by Gasteiger charge is -2.31. The lowest BCUT2D eigenvalue weighted by molar-refractivity contribution is -0.145. The molecule has 0 aliphatic heterocycles. The largest absolute Gasteiger partial charge is 0.480 e. The highest BCUT2D eigenvalue weighted by Crippen LogP contribution is 2.44. The van der Waals surface area contributed by atoms with Gasteiger partial charge in [0.1, 0.15) is 13.2 Å². The summed E-state index contributed by atoms with van der Waals surface area (Å²) in [4.78, 5) is 38.4. The minimum atomic E-state index is -1.06. The fourth-order valence-corrected chi connectivity index (χ4v) is 4.53. The molecule has 7 heteroatoms. The number of amides is 2. The van der Waals surface area contributed by atoms with Crippen LogP contribution in [-0.4, -0.2) is 53.7 Å². The van der Waals surface area contributed by atoms with Crippen molar-refractivity contribution in [2.75, 3.05) is 19.7 Å². The Morgan fingerprint density at radius 2 is 1.54 bits per heavy atom. The maximum absolute atomic E-state index is 13.0. The molecule has 0 heterocycles. The van der Waals surface area contributed by atoms with E-state index < -0.39 is 18.1 Å². The Balaban J connectivity index is 1.64. The number of aliphatic carboxylic acids is 1. The van der Waals surface area contributed by atoms with Gasteiger partial charge in [0.2, 0.25) is 5.91 Å². The SMILES string of the molecule is CC(C)[C@H](CC(=O)N(CC(=O)O)CC(C)(C)C)NC(=O)OCC1c2ccccc2-c2ccccc21. The molecule has 35 heavy (non-hydrogen) atoms. The van der Waals surface area contributed by atoms with E-state index in [0.717, 1.165) is 22.3 Å². The average Bonchev–Trinajstić information content (AvgIpc) is 3.09. The van der Waals surface area contributed by atoms with Crippen LogP contribution in [0.5, 0.6) is 0 Å². The summed E-state index contributed by atoms with van der Waals surface area (Å²) in [6.45, 7) is 9.80. The summed E-state index contributed by atoms with van der Waals surface area (Å²) in [6, 6.07) is 15.8. The van der Waals surface area contributed by atoms with E-state index in [4.69, 9.17) is 4.74 Å². The van der Waals surface area contributed by atoms with Crippen molar-refractivity contribution in [2.24, 2.45) is 11.3 Å². The van der Waals surface area contributed by atoms with Crippen LogP contribution in [-0.2, 0) is 14.3 Å². The highest BCUT2D eigenvalue weighted by atomic mass is 16.5. The lowest BCUT2D eigenvalue weighted by atomic mass is 9.95. The first kappa shape index (κ1) is 26.3. The highest BCUT2D eigenvalue weighted by molar-refractivity contribution is 5.82. The number of carbonyl (C=O) groups is 3. The van der Waals surface area contributed by atoms with Crippen LogP contribution >= 0.6 is 0 Å². The fourth-order valence-electron chi connectivity index (χ4n) is 4.53. The van der Waals surface area contributed by atoms with Gasteiger partial charge in [0, 0.05) is 24.9 Å². The molecule has 0 aromatic heterocycles. The van der Waals surface area contributed by atoms with Crippen LogP contribution in [0.2, 0.25) is 0 Å². The third kappa shape index (κ3) is 6.84. The number of hydrogen-bond acceptors (Lipinski definition) is 4. The molecule has 0 fully saturated rings. The van der Waals surface area contributed by atoms with E-state index >= 15 is 0 Å². The van der Waals surface area contributed by atoms with E-state index in [2.05, 4.69) is 29.6 Å². The Labute approximate surface area is 207 Å². The minimum Gasteiger partial charge on any atom is -0.480 e. The first-order valence-corrected chi connectivity index (χ1v) is 12.1. The van der Waals surface area contributed by atoms with Crippen LogP contribution < -0.4 is 5.32 Å². The first-order chi connectivity index (χ1) is 16.5. The van der Waals surface area contributed by atoms with Crippen LogP contribution in [0, 0.1) is 11.3 Å². The van der Waals surface area contributed by atoms with Gasteiger partial charge in [0.15, 0.2) is 0 Å². The molecule has 2 aromatic carbocycles. The molecule has 2 aromatic rings. The van der Waals surface area contributed by atoms with E-state index in [-0.39, 0.29) is 42.7 Å².